The second-order valence-corrected chi connectivity index (χ2v) is 3.65. The van der Waals surface area contributed by atoms with E-state index in [1.165, 1.54) is 6.07 Å². The van der Waals surface area contributed by atoms with Crippen LogP contribution in [0.15, 0.2) is 39.6 Å². The molecule has 2 aromatic rings. The van der Waals surface area contributed by atoms with Crippen molar-refractivity contribution in [3.63, 3.8) is 0 Å². The third-order valence-corrected chi connectivity index (χ3v) is 2.22. The summed E-state index contributed by atoms with van der Waals surface area (Å²) in [5.74, 6) is 0.625. The van der Waals surface area contributed by atoms with E-state index in [2.05, 4.69) is 5.16 Å². The van der Waals surface area contributed by atoms with E-state index in [1.807, 2.05) is 24.3 Å². The molecule has 0 spiro atoms. The lowest BCUT2D eigenvalue weighted by atomic mass is 10.1. The number of aromatic nitrogens is 1. The first-order valence-corrected chi connectivity index (χ1v) is 4.92. The molecular formula is C12H11NO3. The van der Waals surface area contributed by atoms with Crippen LogP contribution in [-0.2, 0) is 11.2 Å². The van der Waals surface area contributed by atoms with Crippen LogP contribution in [0.3, 0.4) is 0 Å². The monoisotopic (exact) mass is 217 g/mol. The number of rotatable bonds is 3. The molecule has 0 saturated heterocycles. The number of aromatic amines is 1. The Hall–Kier alpha value is -2.10. The van der Waals surface area contributed by atoms with Crippen molar-refractivity contribution in [3.05, 3.63) is 46.2 Å². The summed E-state index contributed by atoms with van der Waals surface area (Å²) < 4.78 is 4.97. The molecule has 4 nitrogen and oxygen atoms in total. The Morgan fingerprint density at radius 2 is 2.00 bits per heavy atom. The first kappa shape index (κ1) is 10.4. The quantitative estimate of drug-likeness (QED) is 0.852. The van der Waals surface area contributed by atoms with E-state index < -0.39 is 0 Å². The highest BCUT2D eigenvalue weighted by molar-refractivity contribution is 5.78. The molecule has 0 aliphatic heterocycles. The molecular weight excluding hydrogens is 206 g/mol. The fraction of sp³-hybridized carbons (Fsp3) is 0.167. The van der Waals surface area contributed by atoms with Crippen LogP contribution in [0.1, 0.15) is 12.5 Å². The summed E-state index contributed by atoms with van der Waals surface area (Å²) in [7, 11) is 0. The Kier molecular flexibility index (Phi) is 2.72. The molecule has 1 N–H and O–H groups in total. The van der Waals surface area contributed by atoms with Gasteiger partial charge in [0.1, 0.15) is 5.78 Å². The van der Waals surface area contributed by atoms with Gasteiger partial charge >= 0.3 is 0 Å². The Balaban J connectivity index is 2.25. The van der Waals surface area contributed by atoms with E-state index in [1.54, 1.807) is 6.92 Å². The number of hydrogen-bond donors (Lipinski definition) is 1. The van der Waals surface area contributed by atoms with Gasteiger partial charge in [0.15, 0.2) is 5.76 Å². The van der Waals surface area contributed by atoms with Gasteiger partial charge in [0.05, 0.1) is 6.07 Å². The van der Waals surface area contributed by atoms with Crippen molar-refractivity contribution in [3.8, 4) is 11.3 Å². The number of carbonyl (C=O) groups excluding carboxylic acids is 1. The topological polar surface area (TPSA) is 63.1 Å². The van der Waals surface area contributed by atoms with Crippen molar-refractivity contribution in [2.45, 2.75) is 13.3 Å². The Bertz CT molecular complexity index is 548. The molecule has 2 rings (SSSR count). The van der Waals surface area contributed by atoms with Gasteiger partial charge in [-0.3, -0.25) is 9.59 Å². The zero-order valence-corrected chi connectivity index (χ0v) is 8.82. The lowest BCUT2D eigenvalue weighted by Crippen LogP contribution is -1.95. The number of nitrogens with one attached hydrogen (secondary N) is 1. The fourth-order valence-corrected chi connectivity index (χ4v) is 1.50. The third-order valence-electron chi connectivity index (χ3n) is 2.22. The van der Waals surface area contributed by atoms with E-state index in [4.69, 9.17) is 4.52 Å². The van der Waals surface area contributed by atoms with Crippen LogP contribution in [0.2, 0.25) is 0 Å². The normalized spacial score (nSPS) is 10.3. The Morgan fingerprint density at radius 1 is 1.31 bits per heavy atom. The van der Waals surface area contributed by atoms with Gasteiger partial charge in [-0.1, -0.05) is 24.3 Å². The average Bonchev–Trinajstić information content (AvgIpc) is 2.65. The van der Waals surface area contributed by atoms with Crippen LogP contribution in [0, 0.1) is 0 Å². The van der Waals surface area contributed by atoms with Crippen LogP contribution < -0.4 is 5.56 Å². The Morgan fingerprint density at radius 3 is 2.50 bits per heavy atom. The van der Waals surface area contributed by atoms with Gasteiger partial charge in [-0.2, -0.15) is 5.16 Å². The van der Waals surface area contributed by atoms with Gasteiger partial charge in [0.2, 0.25) is 0 Å². The predicted octanol–water partition coefficient (Wildman–Crippen LogP) is 1.77. The van der Waals surface area contributed by atoms with Gasteiger partial charge < -0.3 is 4.52 Å². The van der Waals surface area contributed by atoms with E-state index >= 15 is 0 Å². The maximum Gasteiger partial charge on any atom is 0.280 e. The Labute approximate surface area is 91.9 Å². The minimum Gasteiger partial charge on any atom is -0.378 e. The van der Waals surface area contributed by atoms with Crippen molar-refractivity contribution in [2.75, 3.05) is 0 Å². The van der Waals surface area contributed by atoms with Crippen LogP contribution in [-0.4, -0.2) is 10.9 Å². The molecule has 0 radical (unpaired) electrons. The number of Topliss-reactive ketones (excluding diaryl/α,β-unsaturated/α-hetero) is 1. The van der Waals surface area contributed by atoms with Crippen LogP contribution in [0.25, 0.3) is 11.3 Å². The van der Waals surface area contributed by atoms with Gasteiger partial charge in [0.25, 0.3) is 5.56 Å². The van der Waals surface area contributed by atoms with E-state index in [0.29, 0.717) is 12.2 Å². The molecule has 0 aliphatic rings. The van der Waals surface area contributed by atoms with Crippen LogP contribution in [0.4, 0.5) is 0 Å². The van der Waals surface area contributed by atoms with Crippen molar-refractivity contribution in [1.82, 2.24) is 5.16 Å². The number of benzene rings is 1. The summed E-state index contributed by atoms with van der Waals surface area (Å²) in [4.78, 5) is 21.8. The second kappa shape index (κ2) is 4.18. The zero-order valence-electron chi connectivity index (χ0n) is 8.82. The number of ketones is 1. The number of carbonyl (C=O) groups is 1. The van der Waals surface area contributed by atoms with Crippen molar-refractivity contribution >= 4 is 5.78 Å². The molecule has 16 heavy (non-hydrogen) atoms. The standard InChI is InChI=1S/C12H11NO3/c1-8(14)6-9-2-4-10(5-3-9)11-7-12(15)13-16-11/h2-5,7H,6H2,1H3,(H,13,15). The molecule has 0 atom stereocenters. The highest BCUT2D eigenvalue weighted by Crippen LogP contribution is 2.17. The molecule has 0 saturated carbocycles. The SMILES string of the molecule is CC(=O)Cc1ccc(-c2cc(=O)[nH]o2)cc1. The number of hydrogen-bond acceptors (Lipinski definition) is 3. The molecule has 0 unspecified atom stereocenters. The highest BCUT2D eigenvalue weighted by Gasteiger charge is 2.04. The summed E-state index contributed by atoms with van der Waals surface area (Å²) in [6.45, 7) is 1.55. The van der Waals surface area contributed by atoms with E-state index in [0.717, 1.165) is 11.1 Å². The van der Waals surface area contributed by atoms with Gasteiger partial charge in [-0.05, 0) is 12.5 Å². The molecule has 1 aromatic carbocycles. The summed E-state index contributed by atoms with van der Waals surface area (Å²) in [6, 6.07) is 8.74. The minimum absolute atomic E-state index is 0.126. The van der Waals surface area contributed by atoms with E-state index in [9.17, 15) is 9.59 Å². The highest BCUT2D eigenvalue weighted by atomic mass is 16.5. The third kappa shape index (κ3) is 2.28. The average molecular weight is 217 g/mol. The molecule has 1 aromatic heterocycles. The number of H-pyrrole nitrogens is 1. The lowest BCUT2D eigenvalue weighted by Gasteiger charge is -1.99. The minimum atomic E-state index is -0.261. The summed E-state index contributed by atoms with van der Waals surface area (Å²) in [5.41, 5.74) is 1.50. The maximum absolute atomic E-state index is 10.9. The fourth-order valence-electron chi connectivity index (χ4n) is 1.50. The van der Waals surface area contributed by atoms with Gasteiger partial charge in [-0.25, -0.2) is 0 Å². The van der Waals surface area contributed by atoms with Crippen molar-refractivity contribution < 1.29 is 9.32 Å². The molecule has 0 aliphatic carbocycles. The largest absolute Gasteiger partial charge is 0.378 e. The zero-order chi connectivity index (χ0) is 11.5. The lowest BCUT2D eigenvalue weighted by molar-refractivity contribution is -0.116. The summed E-state index contributed by atoms with van der Waals surface area (Å²) in [5, 5.41) is 2.23. The van der Waals surface area contributed by atoms with E-state index in [-0.39, 0.29) is 11.3 Å². The second-order valence-electron chi connectivity index (χ2n) is 3.65. The molecule has 82 valence electrons. The van der Waals surface area contributed by atoms with Crippen LogP contribution in [0.5, 0.6) is 0 Å². The summed E-state index contributed by atoms with van der Waals surface area (Å²) in [6.07, 6.45) is 0.428. The van der Waals surface area contributed by atoms with Crippen molar-refractivity contribution in [2.24, 2.45) is 0 Å². The van der Waals surface area contributed by atoms with Gasteiger partial charge in [-0.15, -0.1) is 0 Å². The summed E-state index contributed by atoms with van der Waals surface area (Å²) >= 11 is 0. The molecule has 4 heteroatoms. The smallest absolute Gasteiger partial charge is 0.280 e. The first-order chi connectivity index (χ1) is 7.65. The van der Waals surface area contributed by atoms with Crippen LogP contribution >= 0.6 is 0 Å². The molecule has 0 fully saturated rings. The first-order valence-electron chi connectivity index (χ1n) is 4.92. The van der Waals surface area contributed by atoms with Gasteiger partial charge in [0, 0.05) is 12.0 Å². The maximum atomic E-state index is 10.9. The molecule has 0 bridgehead atoms. The molecule has 1 heterocycles. The van der Waals surface area contributed by atoms with Crippen molar-refractivity contribution in [1.29, 1.82) is 0 Å². The molecule has 0 amide bonds. The predicted molar refractivity (Wildman–Crippen MR) is 59.1 cm³/mol.